The molecule has 0 radical (unpaired) electrons. The summed E-state index contributed by atoms with van der Waals surface area (Å²) in [4.78, 5) is 11.0. The summed E-state index contributed by atoms with van der Waals surface area (Å²) in [5, 5.41) is 0. The Morgan fingerprint density at radius 3 is 2.38 bits per heavy atom. The van der Waals surface area contributed by atoms with Crippen LogP contribution in [0.15, 0.2) is 0 Å². The fraction of sp³-hybridized carbons (Fsp3) is 0.917. The van der Waals surface area contributed by atoms with E-state index in [-0.39, 0.29) is 18.9 Å². The Morgan fingerprint density at radius 1 is 1.31 bits per heavy atom. The topological polar surface area (TPSA) is 26.3 Å². The minimum Gasteiger partial charge on any atom is -0.462 e. The number of hydrogen-bond acceptors (Lipinski definition) is 2. The Labute approximate surface area is 96.4 Å². The summed E-state index contributed by atoms with van der Waals surface area (Å²) in [6, 6.07) is 0. The van der Waals surface area contributed by atoms with Crippen LogP contribution in [0.2, 0.25) is 0 Å². The molecule has 0 bridgehead atoms. The lowest BCUT2D eigenvalue weighted by atomic mass is 9.93. The van der Waals surface area contributed by atoms with Gasteiger partial charge in [0, 0.05) is 6.42 Å². The average Bonchev–Trinajstić information content (AvgIpc) is 2.24. The molecule has 0 saturated carbocycles. The van der Waals surface area contributed by atoms with Crippen LogP contribution in [0.4, 0.5) is 8.78 Å². The highest BCUT2D eigenvalue weighted by atomic mass is 19.3. The van der Waals surface area contributed by atoms with Gasteiger partial charge in [0.2, 0.25) is 0 Å². The molecule has 0 aromatic heterocycles. The predicted molar refractivity (Wildman–Crippen MR) is 59.5 cm³/mol. The van der Waals surface area contributed by atoms with Crippen LogP contribution in [-0.4, -0.2) is 18.5 Å². The summed E-state index contributed by atoms with van der Waals surface area (Å²) < 4.78 is 31.2. The second-order valence-electron chi connectivity index (χ2n) is 4.05. The van der Waals surface area contributed by atoms with Gasteiger partial charge in [-0.3, -0.25) is 0 Å². The van der Waals surface area contributed by atoms with E-state index in [0.29, 0.717) is 6.42 Å². The van der Waals surface area contributed by atoms with Crippen LogP contribution in [-0.2, 0) is 9.53 Å². The predicted octanol–water partition coefficient (Wildman–Crippen LogP) is 3.79. The smallest absolute Gasteiger partial charge is 0.376 e. The molecule has 16 heavy (non-hydrogen) atoms. The van der Waals surface area contributed by atoms with Crippen LogP contribution >= 0.6 is 0 Å². The Bertz CT molecular complexity index is 205. The second-order valence-corrected chi connectivity index (χ2v) is 4.05. The molecule has 2 nitrogen and oxygen atoms in total. The van der Waals surface area contributed by atoms with Crippen LogP contribution in [0, 0.1) is 5.92 Å². The van der Waals surface area contributed by atoms with Crippen LogP contribution in [0.1, 0.15) is 52.9 Å². The van der Waals surface area contributed by atoms with Crippen LogP contribution < -0.4 is 0 Å². The number of carbonyl (C=O) groups is 1. The molecular weight excluding hydrogens is 214 g/mol. The Balaban J connectivity index is 4.23. The van der Waals surface area contributed by atoms with E-state index >= 15 is 0 Å². The first-order chi connectivity index (χ1) is 7.47. The molecule has 0 aromatic carbocycles. The van der Waals surface area contributed by atoms with Crippen LogP contribution in [0.25, 0.3) is 0 Å². The first-order valence-electron chi connectivity index (χ1n) is 6.02. The molecule has 0 aliphatic carbocycles. The first kappa shape index (κ1) is 15.3. The zero-order valence-corrected chi connectivity index (χ0v) is 10.4. The van der Waals surface area contributed by atoms with Crippen molar-refractivity contribution < 1.29 is 18.3 Å². The van der Waals surface area contributed by atoms with Gasteiger partial charge in [-0.1, -0.05) is 39.5 Å². The molecule has 0 amide bonds. The monoisotopic (exact) mass is 236 g/mol. The molecule has 0 fully saturated rings. The van der Waals surface area contributed by atoms with Crippen molar-refractivity contribution in [3.05, 3.63) is 0 Å². The van der Waals surface area contributed by atoms with Gasteiger partial charge in [-0.05, 0) is 12.8 Å². The van der Waals surface area contributed by atoms with Gasteiger partial charge in [0.25, 0.3) is 0 Å². The second kappa shape index (κ2) is 7.58. The van der Waals surface area contributed by atoms with Gasteiger partial charge in [0.15, 0.2) is 0 Å². The number of halogens is 2. The number of hydrogen-bond donors (Lipinski definition) is 0. The van der Waals surface area contributed by atoms with Crippen LogP contribution in [0.3, 0.4) is 0 Å². The average molecular weight is 236 g/mol. The van der Waals surface area contributed by atoms with E-state index in [0.717, 1.165) is 19.3 Å². The van der Waals surface area contributed by atoms with Gasteiger partial charge in [0.05, 0.1) is 6.61 Å². The number of rotatable bonds is 8. The zero-order chi connectivity index (χ0) is 12.6. The van der Waals surface area contributed by atoms with Gasteiger partial charge in [-0.25, -0.2) is 4.79 Å². The van der Waals surface area contributed by atoms with Gasteiger partial charge in [-0.2, -0.15) is 8.78 Å². The quantitative estimate of drug-likeness (QED) is 0.599. The summed E-state index contributed by atoms with van der Waals surface area (Å²) in [6.45, 7) is 5.43. The molecule has 4 heteroatoms. The fourth-order valence-electron chi connectivity index (χ4n) is 1.63. The summed E-state index contributed by atoms with van der Waals surface area (Å²) >= 11 is 0. The normalized spacial score (nSPS) is 13.6. The lowest BCUT2D eigenvalue weighted by molar-refractivity contribution is -0.174. The van der Waals surface area contributed by atoms with Gasteiger partial charge in [0.1, 0.15) is 0 Å². The van der Waals surface area contributed by atoms with Crippen molar-refractivity contribution in [2.24, 2.45) is 5.92 Å². The molecule has 96 valence electrons. The lowest BCUT2D eigenvalue weighted by Gasteiger charge is -2.20. The van der Waals surface area contributed by atoms with Crippen molar-refractivity contribution in [3.8, 4) is 0 Å². The molecule has 1 atom stereocenters. The minimum absolute atomic E-state index is 0.000174. The van der Waals surface area contributed by atoms with E-state index in [1.165, 1.54) is 6.92 Å². The van der Waals surface area contributed by atoms with Crippen molar-refractivity contribution in [2.45, 2.75) is 58.8 Å². The molecule has 0 aliphatic heterocycles. The molecular formula is C12H22F2O2. The third kappa shape index (κ3) is 5.42. The highest BCUT2D eigenvalue weighted by Crippen LogP contribution is 2.29. The molecule has 0 spiro atoms. The van der Waals surface area contributed by atoms with Crippen LogP contribution in [0.5, 0.6) is 0 Å². The van der Waals surface area contributed by atoms with Crippen molar-refractivity contribution in [2.75, 3.05) is 6.61 Å². The van der Waals surface area contributed by atoms with Crippen molar-refractivity contribution >= 4 is 5.97 Å². The molecule has 0 heterocycles. The number of ether oxygens (including phenoxy) is 1. The molecule has 0 saturated heterocycles. The molecule has 1 unspecified atom stereocenters. The van der Waals surface area contributed by atoms with Gasteiger partial charge >= 0.3 is 11.9 Å². The van der Waals surface area contributed by atoms with E-state index in [2.05, 4.69) is 4.74 Å². The van der Waals surface area contributed by atoms with Gasteiger partial charge in [-0.15, -0.1) is 0 Å². The zero-order valence-electron chi connectivity index (χ0n) is 10.4. The highest BCUT2D eigenvalue weighted by Gasteiger charge is 2.41. The summed E-state index contributed by atoms with van der Waals surface area (Å²) in [6.07, 6.45) is 2.96. The van der Waals surface area contributed by atoms with Crippen molar-refractivity contribution in [3.63, 3.8) is 0 Å². The maximum atomic E-state index is 13.4. The molecule has 0 N–H and O–H groups in total. The third-order valence-corrected chi connectivity index (χ3v) is 2.66. The Kier molecular flexibility index (Phi) is 7.26. The summed E-state index contributed by atoms with van der Waals surface area (Å²) in [7, 11) is 0. The standard InChI is InChI=1S/C12H22F2O2/c1-4-7-8-10(5-2)9-12(13,14)11(15)16-6-3/h10H,4-9H2,1-3H3. The third-order valence-electron chi connectivity index (χ3n) is 2.66. The first-order valence-corrected chi connectivity index (χ1v) is 6.02. The van der Waals surface area contributed by atoms with E-state index in [1.807, 2.05) is 13.8 Å². The maximum Gasteiger partial charge on any atom is 0.376 e. The lowest BCUT2D eigenvalue weighted by Crippen LogP contribution is -2.33. The maximum absolute atomic E-state index is 13.4. The van der Waals surface area contributed by atoms with E-state index in [4.69, 9.17) is 0 Å². The molecule has 0 rings (SSSR count). The number of carbonyl (C=O) groups excluding carboxylic acids is 1. The SMILES string of the molecule is CCCCC(CC)CC(F)(F)C(=O)OCC. The highest BCUT2D eigenvalue weighted by molar-refractivity contribution is 5.77. The Hall–Kier alpha value is -0.670. The number of unbranched alkanes of at least 4 members (excludes halogenated alkanes) is 1. The van der Waals surface area contributed by atoms with Gasteiger partial charge < -0.3 is 4.74 Å². The Morgan fingerprint density at radius 2 is 1.94 bits per heavy atom. The van der Waals surface area contributed by atoms with E-state index in [9.17, 15) is 13.6 Å². The van der Waals surface area contributed by atoms with Crippen molar-refractivity contribution in [1.29, 1.82) is 0 Å². The summed E-state index contributed by atoms with van der Waals surface area (Å²) in [5.74, 6) is -4.81. The molecule has 0 aliphatic rings. The number of alkyl halides is 2. The number of esters is 1. The van der Waals surface area contributed by atoms with Crippen molar-refractivity contribution in [1.82, 2.24) is 0 Å². The molecule has 0 aromatic rings. The minimum atomic E-state index is -3.33. The largest absolute Gasteiger partial charge is 0.462 e. The van der Waals surface area contributed by atoms with E-state index < -0.39 is 11.9 Å². The fourth-order valence-corrected chi connectivity index (χ4v) is 1.63. The van der Waals surface area contributed by atoms with E-state index in [1.54, 1.807) is 0 Å². The summed E-state index contributed by atoms with van der Waals surface area (Å²) in [5.41, 5.74) is 0.